The zero-order valence-corrected chi connectivity index (χ0v) is 14.8. The number of benzene rings is 2. The van der Waals surface area contributed by atoms with E-state index in [1.807, 2.05) is 31.2 Å². The number of hydrogen-bond donors (Lipinski definition) is 1. The second-order valence-electron chi connectivity index (χ2n) is 4.75. The summed E-state index contributed by atoms with van der Waals surface area (Å²) in [5.74, 6) is 0.222. The fraction of sp³-hybridized carbons (Fsp3) is 0.250. The molecule has 0 saturated carbocycles. The summed E-state index contributed by atoms with van der Waals surface area (Å²) in [5, 5.41) is 0.536. The molecule has 0 aliphatic rings. The summed E-state index contributed by atoms with van der Waals surface area (Å²) in [6.07, 6.45) is 0. The highest BCUT2D eigenvalue weighted by Gasteiger charge is 2.36. The van der Waals surface area contributed by atoms with Crippen LogP contribution in [0, 0.1) is 0 Å². The van der Waals surface area contributed by atoms with Gasteiger partial charge in [-0.1, -0.05) is 58.5 Å². The Morgan fingerprint density at radius 3 is 2.27 bits per heavy atom. The molecule has 0 saturated heterocycles. The Labute approximate surface area is 150 Å². The maximum absolute atomic E-state index is 6.19. The number of nitrogens with two attached hydrogens (primary N) is 1. The summed E-state index contributed by atoms with van der Waals surface area (Å²) in [6, 6.07) is 12.5. The van der Waals surface area contributed by atoms with E-state index in [0.29, 0.717) is 22.9 Å². The van der Waals surface area contributed by atoms with Crippen LogP contribution < -0.4 is 10.5 Å². The first-order valence-corrected chi connectivity index (χ1v) is 8.18. The lowest BCUT2D eigenvalue weighted by molar-refractivity contribution is 0.340. The van der Waals surface area contributed by atoms with E-state index in [1.54, 1.807) is 18.2 Å². The zero-order chi connectivity index (χ0) is 16.3. The lowest BCUT2D eigenvalue weighted by atomic mass is 9.91. The van der Waals surface area contributed by atoms with Gasteiger partial charge in [0.1, 0.15) is 5.75 Å². The van der Waals surface area contributed by atoms with E-state index >= 15 is 0 Å². The van der Waals surface area contributed by atoms with Crippen LogP contribution >= 0.6 is 46.4 Å². The maximum Gasteiger partial charge on any atom is 0.201 e. The van der Waals surface area contributed by atoms with E-state index in [9.17, 15) is 0 Å². The van der Waals surface area contributed by atoms with Crippen molar-refractivity contribution in [3.8, 4) is 5.75 Å². The summed E-state index contributed by atoms with van der Waals surface area (Å²) in [6.45, 7) is 2.51. The van der Waals surface area contributed by atoms with Gasteiger partial charge in [0.15, 0.2) is 0 Å². The molecule has 2 nitrogen and oxygen atoms in total. The first kappa shape index (κ1) is 17.6. The molecule has 0 aromatic heterocycles. The van der Waals surface area contributed by atoms with Gasteiger partial charge in [-0.2, -0.15) is 0 Å². The van der Waals surface area contributed by atoms with E-state index < -0.39 is 9.71 Å². The minimum Gasteiger partial charge on any atom is -0.494 e. The van der Waals surface area contributed by atoms with Crippen molar-refractivity contribution in [1.82, 2.24) is 0 Å². The SMILES string of the molecule is CCOc1ccc(C(c2cc(Cl)ccc2N)C(Cl)(Cl)Cl)cc1. The highest BCUT2D eigenvalue weighted by atomic mass is 35.6. The number of halogens is 4. The van der Waals surface area contributed by atoms with Gasteiger partial charge in [0.25, 0.3) is 0 Å². The first-order chi connectivity index (χ1) is 10.3. The number of rotatable bonds is 4. The summed E-state index contributed by atoms with van der Waals surface area (Å²) in [4.78, 5) is 0. The fourth-order valence-corrected chi connectivity index (χ4v) is 3.17. The zero-order valence-electron chi connectivity index (χ0n) is 11.8. The lowest BCUT2D eigenvalue weighted by Gasteiger charge is -2.27. The number of hydrogen-bond acceptors (Lipinski definition) is 2. The van der Waals surface area contributed by atoms with Crippen LogP contribution in [0.15, 0.2) is 42.5 Å². The van der Waals surface area contributed by atoms with Crippen molar-refractivity contribution >= 4 is 52.1 Å². The second kappa shape index (κ2) is 7.18. The molecule has 0 aliphatic heterocycles. The molecule has 1 atom stereocenters. The third-order valence-electron chi connectivity index (χ3n) is 3.21. The van der Waals surface area contributed by atoms with Crippen LogP contribution in [-0.4, -0.2) is 10.4 Å². The number of ether oxygens (including phenoxy) is 1. The van der Waals surface area contributed by atoms with Crippen molar-refractivity contribution in [3.63, 3.8) is 0 Å². The molecule has 0 heterocycles. The Morgan fingerprint density at radius 1 is 1.09 bits per heavy atom. The quantitative estimate of drug-likeness (QED) is 0.537. The molecule has 2 rings (SSSR count). The van der Waals surface area contributed by atoms with Gasteiger partial charge in [0.2, 0.25) is 3.79 Å². The van der Waals surface area contributed by atoms with Gasteiger partial charge in [-0.25, -0.2) is 0 Å². The molecule has 2 aromatic rings. The minimum atomic E-state index is -1.56. The van der Waals surface area contributed by atoms with Crippen molar-refractivity contribution in [2.24, 2.45) is 0 Å². The van der Waals surface area contributed by atoms with Gasteiger partial charge in [-0.15, -0.1) is 0 Å². The highest BCUT2D eigenvalue weighted by molar-refractivity contribution is 6.68. The molecule has 0 aliphatic carbocycles. The molecule has 0 fully saturated rings. The molecular weight excluding hydrogens is 364 g/mol. The van der Waals surface area contributed by atoms with Gasteiger partial charge in [0.05, 0.1) is 12.5 Å². The van der Waals surface area contributed by atoms with Crippen LogP contribution in [-0.2, 0) is 0 Å². The molecule has 6 heteroatoms. The molecule has 0 amide bonds. The van der Waals surface area contributed by atoms with Crippen LogP contribution in [0.3, 0.4) is 0 Å². The van der Waals surface area contributed by atoms with E-state index in [0.717, 1.165) is 11.3 Å². The standard InChI is InChI=1S/C16H15Cl4NO/c1-2-22-12-6-3-10(4-7-12)15(16(18,19)20)13-9-11(17)5-8-14(13)21/h3-9,15H,2,21H2,1H3. The molecular formula is C16H15Cl4NO. The summed E-state index contributed by atoms with van der Waals surface area (Å²) in [5.41, 5.74) is 8.06. The Morgan fingerprint density at radius 2 is 1.73 bits per heavy atom. The van der Waals surface area contributed by atoms with Gasteiger partial charge >= 0.3 is 0 Å². The van der Waals surface area contributed by atoms with Gasteiger partial charge in [-0.05, 0) is 48.4 Å². The average molecular weight is 379 g/mol. The van der Waals surface area contributed by atoms with Gasteiger partial charge in [-0.3, -0.25) is 0 Å². The van der Waals surface area contributed by atoms with E-state index in [1.165, 1.54) is 0 Å². The minimum absolute atomic E-state index is 0.523. The largest absolute Gasteiger partial charge is 0.494 e. The van der Waals surface area contributed by atoms with E-state index in [4.69, 9.17) is 56.9 Å². The Bertz CT molecular complexity index is 638. The second-order valence-corrected chi connectivity index (χ2v) is 7.56. The third-order valence-corrected chi connectivity index (χ3v) is 4.10. The van der Waals surface area contributed by atoms with Crippen LogP contribution in [0.25, 0.3) is 0 Å². The summed E-state index contributed by atoms with van der Waals surface area (Å²) in [7, 11) is 0. The predicted molar refractivity (Wildman–Crippen MR) is 95.6 cm³/mol. The Balaban J connectivity index is 2.49. The predicted octanol–water partition coefficient (Wildman–Crippen LogP) is 5.82. The van der Waals surface area contributed by atoms with E-state index in [-0.39, 0.29) is 0 Å². The molecule has 2 N–H and O–H groups in total. The van der Waals surface area contributed by atoms with Crippen LogP contribution in [0.1, 0.15) is 24.0 Å². The van der Waals surface area contributed by atoms with E-state index in [2.05, 4.69) is 0 Å². The van der Waals surface area contributed by atoms with Crippen molar-refractivity contribution in [3.05, 3.63) is 58.6 Å². The van der Waals surface area contributed by atoms with Crippen LogP contribution in [0.5, 0.6) is 5.75 Å². The molecule has 22 heavy (non-hydrogen) atoms. The summed E-state index contributed by atoms with van der Waals surface area (Å²) < 4.78 is 3.87. The molecule has 1 unspecified atom stereocenters. The third kappa shape index (κ3) is 4.14. The lowest BCUT2D eigenvalue weighted by Crippen LogP contribution is -2.20. The van der Waals surface area contributed by atoms with Crippen molar-refractivity contribution in [1.29, 1.82) is 0 Å². The monoisotopic (exact) mass is 377 g/mol. The summed E-state index contributed by atoms with van der Waals surface area (Å²) >= 11 is 24.6. The van der Waals surface area contributed by atoms with Crippen LogP contribution in [0.2, 0.25) is 5.02 Å². The highest BCUT2D eigenvalue weighted by Crippen LogP contribution is 2.47. The first-order valence-electron chi connectivity index (χ1n) is 6.67. The maximum atomic E-state index is 6.19. The smallest absolute Gasteiger partial charge is 0.201 e. The molecule has 0 bridgehead atoms. The van der Waals surface area contributed by atoms with Crippen LogP contribution in [0.4, 0.5) is 5.69 Å². The molecule has 0 spiro atoms. The number of anilines is 1. The van der Waals surface area contributed by atoms with Crippen molar-refractivity contribution < 1.29 is 4.74 Å². The molecule has 0 radical (unpaired) electrons. The number of alkyl halides is 3. The average Bonchev–Trinajstić information content (AvgIpc) is 2.44. The normalized spacial score (nSPS) is 13.0. The number of nitrogen functional groups attached to an aromatic ring is 1. The topological polar surface area (TPSA) is 35.2 Å². The van der Waals surface area contributed by atoms with Crippen molar-refractivity contribution in [2.45, 2.75) is 16.6 Å². The van der Waals surface area contributed by atoms with Crippen molar-refractivity contribution in [2.75, 3.05) is 12.3 Å². The van der Waals surface area contributed by atoms with Gasteiger partial charge in [0, 0.05) is 10.7 Å². The Kier molecular flexibility index (Phi) is 5.73. The molecule has 118 valence electrons. The van der Waals surface area contributed by atoms with Gasteiger partial charge < -0.3 is 10.5 Å². The molecule has 2 aromatic carbocycles. The fourth-order valence-electron chi connectivity index (χ4n) is 2.26. The Hall–Kier alpha value is -0.800.